The number of fused-ring (bicyclic) bond motifs is 1. The number of nitrogens with one attached hydrogen (secondary N) is 3. The summed E-state index contributed by atoms with van der Waals surface area (Å²) in [5.41, 5.74) is 6.56. The van der Waals surface area contributed by atoms with Gasteiger partial charge in [0.2, 0.25) is 5.91 Å². The molecule has 8 heteroatoms. The highest BCUT2D eigenvalue weighted by molar-refractivity contribution is 5.84. The number of rotatable bonds is 2. The summed E-state index contributed by atoms with van der Waals surface area (Å²) < 4.78 is 0. The fraction of sp³-hybridized carbons (Fsp3) is 0.750. The Kier molecular flexibility index (Phi) is 3.53. The van der Waals surface area contributed by atoms with Crippen LogP contribution in [0.1, 0.15) is 6.42 Å². The third-order valence-corrected chi connectivity index (χ3v) is 4.53. The van der Waals surface area contributed by atoms with E-state index in [4.69, 9.17) is 5.73 Å². The SMILES string of the molecule is C=C1C(CO)C(O)CC1N1CNC2C(=O)NC(N)NC21. The fourth-order valence-electron chi connectivity index (χ4n) is 3.43. The summed E-state index contributed by atoms with van der Waals surface area (Å²) in [4.78, 5) is 13.9. The first-order chi connectivity index (χ1) is 9.52. The molecule has 2 aliphatic heterocycles. The third kappa shape index (κ3) is 2.05. The van der Waals surface area contributed by atoms with E-state index < -0.39 is 12.4 Å². The molecule has 1 saturated carbocycles. The minimum atomic E-state index is -0.595. The van der Waals surface area contributed by atoms with Crippen LogP contribution >= 0.6 is 0 Å². The van der Waals surface area contributed by atoms with E-state index in [9.17, 15) is 15.0 Å². The molecule has 3 aliphatic rings. The van der Waals surface area contributed by atoms with Crippen LogP contribution in [0.4, 0.5) is 0 Å². The van der Waals surface area contributed by atoms with E-state index in [1.807, 2.05) is 4.90 Å². The summed E-state index contributed by atoms with van der Waals surface area (Å²) in [5, 5.41) is 28.2. The van der Waals surface area contributed by atoms with Gasteiger partial charge in [-0.15, -0.1) is 0 Å². The molecule has 3 rings (SSSR count). The highest BCUT2D eigenvalue weighted by Gasteiger charge is 2.49. The molecule has 6 atom stereocenters. The van der Waals surface area contributed by atoms with Crippen molar-refractivity contribution in [3.8, 4) is 0 Å². The zero-order chi connectivity index (χ0) is 14.4. The first kappa shape index (κ1) is 13.9. The van der Waals surface area contributed by atoms with Gasteiger partial charge in [0, 0.05) is 12.0 Å². The Bertz CT molecular complexity index is 431. The van der Waals surface area contributed by atoms with Crippen molar-refractivity contribution in [2.24, 2.45) is 11.7 Å². The predicted molar refractivity (Wildman–Crippen MR) is 70.8 cm³/mol. The van der Waals surface area contributed by atoms with Gasteiger partial charge >= 0.3 is 0 Å². The number of carbonyl (C=O) groups excluding carboxylic acids is 1. The van der Waals surface area contributed by atoms with Crippen molar-refractivity contribution in [1.29, 1.82) is 0 Å². The van der Waals surface area contributed by atoms with Crippen LogP contribution in [0.2, 0.25) is 0 Å². The molecule has 8 nitrogen and oxygen atoms in total. The summed E-state index contributed by atoms with van der Waals surface area (Å²) in [6.07, 6.45) is -0.903. The molecule has 2 heterocycles. The van der Waals surface area contributed by atoms with Crippen molar-refractivity contribution in [3.63, 3.8) is 0 Å². The van der Waals surface area contributed by atoms with Crippen LogP contribution in [0.3, 0.4) is 0 Å². The number of amides is 1. The largest absolute Gasteiger partial charge is 0.396 e. The Morgan fingerprint density at radius 2 is 2.25 bits per heavy atom. The van der Waals surface area contributed by atoms with Crippen molar-refractivity contribution in [1.82, 2.24) is 20.9 Å². The molecule has 7 N–H and O–H groups in total. The smallest absolute Gasteiger partial charge is 0.242 e. The lowest BCUT2D eigenvalue weighted by Crippen LogP contribution is -2.70. The molecule has 1 aliphatic carbocycles. The minimum absolute atomic E-state index is 0.0738. The third-order valence-electron chi connectivity index (χ3n) is 4.53. The first-order valence-electron chi connectivity index (χ1n) is 6.81. The van der Waals surface area contributed by atoms with Gasteiger partial charge in [0.15, 0.2) is 0 Å². The Hall–Kier alpha value is -1.03. The van der Waals surface area contributed by atoms with Crippen LogP contribution < -0.4 is 21.7 Å². The quantitative estimate of drug-likeness (QED) is 0.295. The molecule has 3 fully saturated rings. The van der Waals surface area contributed by atoms with E-state index in [-0.39, 0.29) is 36.7 Å². The lowest BCUT2D eigenvalue weighted by molar-refractivity contribution is -0.127. The van der Waals surface area contributed by atoms with Crippen molar-refractivity contribution in [2.45, 2.75) is 37.1 Å². The normalized spacial score (nSPS) is 45.5. The second kappa shape index (κ2) is 5.06. The second-order valence-electron chi connectivity index (χ2n) is 5.63. The molecule has 0 aromatic carbocycles. The van der Waals surface area contributed by atoms with E-state index >= 15 is 0 Å². The van der Waals surface area contributed by atoms with E-state index in [0.29, 0.717) is 13.1 Å². The monoisotopic (exact) mass is 283 g/mol. The Morgan fingerprint density at radius 3 is 2.90 bits per heavy atom. The summed E-state index contributed by atoms with van der Waals surface area (Å²) in [5.74, 6) is -0.434. The maximum absolute atomic E-state index is 11.9. The van der Waals surface area contributed by atoms with Crippen LogP contribution in [0.15, 0.2) is 12.2 Å². The van der Waals surface area contributed by atoms with Crippen LogP contribution in [0, 0.1) is 5.92 Å². The average Bonchev–Trinajstić information content (AvgIpc) is 2.91. The van der Waals surface area contributed by atoms with Crippen molar-refractivity contribution in [2.75, 3.05) is 13.3 Å². The molecule has 0 aromatic rings. The molecule has 0 aromatic heterocycles. The van der Waals surface area contributed by atoms with E-state index in [1.54, 1.807) is 0 Å². The summed E-state index contributed by atoms with van der Waals surface area (Å²) >= 11 is 0. The fourth-order valence-corrected chi connectivity index (χ4v) is 3.43. The molecule has 2 saturated heterocycles. The van der Waals surface area contributed by atoms with Gasteiger partial charge in [-0.2, -0.15) is 0 Å². The Balaban J connectivity index is 1.78. The van der Waals surface area contributed by atoms with E-state index in [0.717, 1.165) is 5.57 Å². The molecule has 0 radical (unpaired) electrons. The van der Waals surface area contributed by atoms with Crippen molar-refractivity contribution >= 4 is 5.91 Å². The summed E-state index contributed by atoms with van der Waals surface area (Å²) in [7, 11) is 0. The van der Waals surface area contributed by atoms with E-state index in [2.05, 4.69) is 22.5 Å². The summed E-state index contributed by atoms with van der Waals surface area (Å²) in [6.45, 7) is 4.41. The molecule has 6 unspecified atom stereocenters. The van der Waals surface area contributed by atoms with E-state index in [1.165, 1.54) is 0 Å². The number of nitrogens with zero attached hydrogens (tertiary/aromatic N) is 1. The predicted octanol–water partition coefficient (Wildman–Crippen LogP) is -3.20. The van der Waals surface area contributed by atoms with Crippen LogP contribution in [0.25, 0.3) is 0 Å². The lowest BCUT2D eigenvalue weighted by atomic mass is 10.0. The number of hydrogen-bond acceptors (Lipinski definition) is 7. The van der Waals surface area contributed by atoms with Gasteiger partial charge in [-0.3, -0.25) is 26.1 Å². The number of hydrogen-bond donors (Lipinski definition) is 6. The van der Waals surface area contributed by atoms with Gasteiger partial charge in [-0.25, -0.2) is 0 Å². The molecular weight excluding hydrogens is 262 g/mol. The van der Waals surface area contributed by atoms with Crippen LogP contribution in [-0.4, -0.2) is 64.9 Å². The molecule has 112 valence electrons. The van der Waals surface area contributed by atoms with Gasteiger partial charge in [0.25, 0.3) is 0 Å². The highest BCUT2D eigenvalue weighted by atomic mass is 16.3. The molecule has 0 spiro atoms. The Morgan fingerprint density at radius 1 is 1.50 bits per heavy atom. The van der Waals surface area contributed by atoms with Gasteiger partial charge in [0.05, 0.1) is 25.5 Å². The molecule has 0 bridgehead atoms. The summed E-state index contributed by atoms with van der Waals surface area (Å²) in [6, 6.07) is -0.442. The zero-order valence-electron chi connectivity index (χ0n) is 11.1. The van der Waals surface area contributed by atoms with Crippen molar-refractivity contribution in [3.05, 3.63) is 12.2 Å². The van der Waals surface area contributed by atoms with Gasteiger partial charge in [-0.1, -0.05) is 12.2 Å². The number of carbonyl (C=O) groups is 1. The standard InChI is InChI=1S/C12H21N5O3/c1-5-6(3-18)8(19)2-7(5)17-4-14-9-10(17)15-12(13)16-11(9)20/h6-10,12,14-15,18-19H,1-4,13H2,(H,16,20). The second-order valence-corrected chi connectivity index (χ2v) is 5.63. The number of nitrogens with two attached hydrogens (primary N) is 1. The van der Waals surface area contributed by atoms with Gasteiger partial charge in [-0.05, 0) is 6.42 Å². The maximum Gasteiger partial charge on any atom is 0.242 e. The zero-order valence-corrected chi connectivity index (χ0v) is 11.1. The van der Waals surface area contributed by atoms with Crippen LogP contribution in [-0.2, 0) is 4.79 Å². The number of aliphatic hydroxyl groups excluding tert-OH is 2. The Labute approximate surface area is 117 Å². The van der Waals surface area contributed by atoms with Crippen molar-refractivity contribution < 1.29 is 15.0 Å². The molecular formula is C12H21N5O3. The lowest BCUT2D eigenvalue weighted by Gasteiger charge is -2.37. The minimum Gasteiger partial charge on any atom is -0.396 e. The highest BCUT2D eigenvalue weighted by Crippen LogP contribution is 2.35. The topological polar surface area (TPSA) is 123 Å². The molecule has 20 heavy (non-hydrogen) atoms. The van der Waals surface area contributed by atoms with Gasteiger partial charge < -0.3 is 15.5 Å². The average molecular weight is 283 g/mol. The van der Waals surface area contributed by atoms with Crippen LogP contribution in [0.5, 0.6) is 0 Å². The first-order valence-corrected chi connectivity index (χ1v) is 6.81. The maximum atomic E-state index is 11.9. The van der Waals surface area contributed by atoms with Gasteiger partial charge in [0.1, 0.15) is 12.3 Å². The molecule has 1 amide bonds. The number of aliphatic hydroxyl groups is 2.